The number of anilines is 1. The molecule has 4 rings (SSSR count). The van der Waals surface area contributed by atoms with E-state index in [1.165, 1.54) is 18.4 Å². The van der Waals surface area contributed by atoms with Crippen LogP contribution in [0.15, 0.2) is 47.4 Å². The number of hydrogen-bond donors (Lipinski definition) is 2. The maximum Gasteiger partial charge on any atom is 0.213 e. The Bertz CT molecular complexity index is 1400. The molecule has 0 unspecified atom stereocenters. The number of benzene rings is 2. The third-order valence-corrected chi connectivity index (χ3v) is 7.93. The van der Waals surface area contributed by atoms with Gasteiger partial charge in [-0.05, 0) is 56.7 Å². The first-order valence-electron chi connectivity index (χ1n) is 9.84. The predicted octanol–water partition coefficient (Wildman–Crippen LogP) is 3.56. The molecule has 0 saturated carbocycles. The van der Waals surface area contributed by atoms with Crippen molar-refractivity contribution in [3.63, 3.8) is 0 Å². The van der Waals surface area contributed by atoms with Crippen molar-refractivity contribution in [2.24, 2.45) is 0 Å². The lowest BCUT2D eigenvalue weighted by Gasteiger charge is -2.13. The number of aryl methyl sites for hydroxylation is 1. The average molecular weight is 473 g/mol. The molecule has 4 aromatic rings. The van der Waals surface area contributed by atoms with E-state index in [9.17, 15) is 13.5 Å². The Labute approximate surface area is 190 Å². The fraction of sp³-hybridized carbons (Fsp3) is 0.273. The molecule has 0 spiro atoms. The summed E-state index contributed by atoms with van der Waals surface area (Å²) in [7, 11) is -2.28. The Morgan fingerprint density at radius 2 is 1.88 bits per heavy atom. The van der Waals surface area contributed by atoms with E-state index in [1.54, 1.807) is 60.8 Å². The smallest absolute Gasteiger partial charge is 0.213 e. The summed E-state index contributed by atoms with van der Waals surface area (Å²) in [4.78, 5) is 5.26. The van der Waals surface area contributed by atoms with Crippen LogP contribution < -0.4 is 10.5 Å². The second-order valence-corrected chi connectivity index (χ2v) is 11.0. The Morgan fingerprint density at radius 3 is 2.50 bits per heavy atom. The molecule has 3 N–H and O–H groups in total. The van der Waals surface area contributed by atoms with Crippen molar-refractivity contribution in [3.05, 3.63) is 58.7 Å². The topological polar surface area (TPSA) is 120 Å². The number of aromatic nitrogens is 3. The Hall–Kier alpha value is -2.95. The third-order valence-electron chi connectivity index (χ3n) is 5.01. The molecule has 0 aliphatic rings. The molecular formula is C22H24N4O4S2. The van der Waals surface area contributed by atoms with Gasteiger partial charge in [-0.2, -0.15) is 5.10 Å². The predicted molar refractivity (Wildman–Crippen MR) is 125 cm³/mol. The van der Waals surface area contributed by atoms with E-state index in [2.05, 4.69) is 10.1 Å². The number of aliphatic hydroxyl groups is 1. The van der Waals surface area contributed by atoms with E-state index < -0.39 is 15.4 Å². The molecule has 32 heavy (non-hydrogen) atoms. The average Bonchev–Trinajstić information content (AvgIpc) is 3.26. The van der Waals surface area contributed by atoms with Gasteiger partial charge >= 0.3 is 0 Å². The molecule has 0 bridgehead atoms. The van der Waals surface area contributed by atoms with E-state index in [1.807, 2.05) is 6.92 Å². The fourth-order valence-electron chi connectivity index (χ4n) is 3.41. The molecule has 0 aliphatic heterocycles. The number of nitrogen functional groups attached to an aromatic ring is 1. The van der Waals surface area contributed by atoms with E-state index in [0.717, 1.165) is 0 Å². The van der Waals surface area contributed by atoms with Gasteiger partial charge in [0.1, 0.15) is 21.3 Å². The number of rotatable bonds is 6. The molecule has 0 fully saturated rings. The van der Waals surface area contributed by atoms with Crippen molar-refractivity contribution >= 4 is 31.8 Å². The number of nitrogens with two attached hydrogens (primary N) is 1. The van der Waals surface area contributed by atoms with Gasteiger partial charge in [-0.1, -0.05) is 23.5 Å². The number of sulfone groups is 1. The minimum atomic E-state index is -3.72. The van der Waals surface area contributed by atoms with Gasteiger partial charge in [0.2, 0.25) is 4.96 Å². The fourth-order valence-corrected chi connectivity index (χ4v) is 5.90. The lowest BCUT2D eigenvalue weighted by Crippen LogP contribution is -2.15. The van der Waals surface area contributed by atoms with Gasteiger partial charge in [-0.3, -0.25) is 0 Å². The van der Waals surface area contributed by atoms with Crippen LogP contribution in [0.3, 0.4) is 0 Å². The van der Waals surface area contributed by atoms with Crippen LogP contribution in [0.5, 0.6) is 5.75 Å². The summed E-state index contributed by atoms with van der Waals surface area (Å²) in [5.74, 6) is 0.0750. The maximum absolute atomic E-state index is 13.3. The number of fused-ring (bicyclic) bond motifs is 1. The Kier molecular flexibility index (Phi) is 5.48. The summed E-state index contributed by atoms with van der Waals surface area (Å²) in [5, 5.41) is 15.4. The Balaban J connectivity index is 1.83. The minimum Gasteiger partial charge on any atom is -0.495 e. The van der Waals surface area contributed by atoms with Crippen LogP contribution in [-0.4, -0.2) is 35.2 Å². The van der Waals surface area contributed by atoms with Gasteiger partial charge in [0, 0.05) is 11.3 Å². The molecule has 8 nitrogen and oxygen atoms in total. The number of ether oxygens (including phenoxy) is 1. The minimum absolute atomic E-state index is 0.0848. The van der Waals surface area contributed by atoms with Gasteiger partial charge in [-0.15, -0.1) is 0 Å². The van der Waals surface area contributed by atoms with Crippen molar-refractivity contribution in [3.8, 4) is 17.0 Å². The van der Waals surface area contributed by atoms with Gasteiger partial charge in [0.15, 0.2) is 9.84 Å². The van der Waals surface area contributed by atoms with Crippen LogP contribution in [0.1, 0.15) is 30.1 Å². The Morgan fingerprint density at radius 1 is 1.19 bits per heavy atom. The number of imidazole rings is 1. The highest BCUT2D eigenvalue weighted by Gasteiger charge is 2.26. The lowest BCUT2D eigenvalue weighted by atomic mass is 10.1. The molecule has 10 heteroatoms. The van der Waals surface area contributed by atoms with E-state index >= 15 is 0 Å². The normalized spacial score (nSPS) is 12.4. The van der Waals surface area contributed by atoms with Crippen LogP contribution in [0.4, 0.5) is 5.69 Å². The second-order valence-electron chi connectivity index (χ2n) is 8.07. The van der Waals surface area contributed by atoms with Crippen LogP contribution in [0.25, 0.3) is 16.2 Å². The van der Waals surface area contributed by atoms with Gasteiger partial charge in [0.05, 0.1) is 24.3 Å². The summed E-state index contributed by atoms with van der Waals surface area (Å²) < 4.78 is 33.6. The quantitative estimate of drug-likeness (QED) is 0.412. The van der Waals surface area contributed by atoms with Crippen molar-refractivity contribution in [2.75, 3.05) is 12.8 Å². The molecule has 0 amide bonds. The van der Waals surface area contributed by atoms with Crippen molar-refractivity contribution in [2.45, 2.75) is 37.0 Å². The highest BCUT2D eigenvalue weighted by Crippen LogP contribution is 2.35. The monoisotopic (exact) mass is 472 g/mol. The molecule has 2 aromatic carbocycles. The molecule has 0 atom stereocenters. The number of methoxy groups -OCH3 is 1. The van der Waals surface area contributed by atoms with E-state index in [0.29, 0.717) is 38.2 Å². The molecule has 0 saturated heterocycles. The van der Waals surface area contributed by atoms with Crippen molar-refractivity contribution in [1.82, 2.24) is 14.6 Å². The summed E-state index contributed by atoms with van der Waals surface area (Å²) in [6.45, 7) is 5.16. The van der Waals surface area contributed by atoms with Crippen LogP contribution in [0.2, 0.25) is 0 Å². The summed E-state index contributed by atoms with van der Waals surface area (Å²) in [6, 6.07) is 11.7. The van der Waals surface area contributed by atoms with Crippen LogP contribution in [0, 0.1) is 6.92 Å². The molecule has 2 heterocycles. The largest absolute Gasteiger partial charge is 0.495 e. The number of nitrogens with zero attached hydrogens (tertiary/aromatic N) is 3. The van der Waals surface area contributed by atoms with Gasteiger partial charge in [0.25, 0.3) is 0 Å². The zero-order valence-corrected chi connectivity index (χ0v) is 19.8. The summed E-state index contributed by atoms with van der Waals surface area (Å²) in [6.07, 6.45) is 0. The molecular weight excluding hydrogens is 448 g/mol. The van der Waals surface area contributed by atoms with Crippen molar-refractivity contribution < 1.29 is 18.3 Å². The molecule has 0 radical (unpaired) electrons. The lowest BCUT2D eigenvalue weighted by molar-refractivity contribution is 0.0773. The highest BCUT2D eigenvalue weighted by molar-refractivity contribution is 7.90. The van der Waals surface area contributed by atoms with Crippen LogP contribution >= 0.6 is 11.3 Å². The second kappa shape index (κ2) is 7.88. The number of hydrogen-bond acceptors (Lipinski definition) is 8. The summed E-state index contributed by atoms with van der Waals surface area (Å²) in [5.41, 5.74) is 7.81. The van der Waals surface area contributed by atoms with Crippen LogP contribution in [-0.2, 0) is 21.2 Å². The first-order chi connectivity index (χ1) is 15.0. The SMILES string of the molecule is COc1ccc(-c2c(C)nc3sc(C(C)(C)O)nn23)cc1S(=O)(=O)Cc1ccc(N)cc1. The van der Waals surface area contributed by atoms with Gasteiger partial charge < -0.3 is 15.6 Å². The molecule has 2 aromatic heterocycles. The maximum atomic E-state index is 13.3. The molecule has 168 valence electrons. The first-order valence-corrected chi connectivity index (χ1v) is 12.3. The van der Waals surface area contributed by atoms with E-state index in [-0.39, 0.29) is 16.4 Å². The summed E-state index contributed by atoms with van der Waals surface area (Å²) >= 11 is 1.29. The molecule has 0 aliphatic carbocycles. The van der Waals surface area contributed by atoms with E-state index in [4.69, 9.17) is 10.5 Å². The zero-order chi connectivity index (χ0) is 23.3. The first kappa shape index (κ1) is 22.3. The van der Waals surface area contributed by atoms with Gasteiger partial charge in [-0.25, -0.2) is 17.9 Å². The van der Waals surface area contributed by atoms with Crippen molar-refractivity contribution in [1.29, 1.82) is 0 Å². The zero-order valence-electron chi connectivity index (χ0n) is 18.2. The highest BCUT2D eigenvalue weighted by atomic mass is 32.2. The third kappa shape index (κ3) is 4.08. The standard InChI is InChI=1S/C22H24N4O4S2/c1-13-19(26-21(24-13)31-20(25-26)22(2,3)27)15-7-10-17(30-4)18(11-15)32(28,29)12-14-5-8-16(23)9-6-14/h5-11,27H,12,23H2,1-4H3.